The van der Waals surface area contributed by atoms with Gasteiger partial charge in [-0.05, 0) is 19.8 Å². The summed E-state index contributed by atoms with van der Waals surface area (Å²) in [5, 5.41) is 0. The van der Waals surface area contributed by atoms with E-state index in [1.165, 1.54) is 0 Å². The highest BCUT2D eigenvalue weighted by molar-refractivity contribution is 5.61. The maximum absolute atomic E-state index is 10.5. The van der Waals surface area contributed by atoms with Crippen molar-refractivity contribution >= 4 is 6.29 Å². The van der Waals surface area contributed by atoms with Crippen LogP contribution < -0.4 is 0 Å². The molecule has 66 valence electrons. The van der Waals surface area contributed by atoms with Gasteiger partial charge in [-0.2, -0.15) is 0 Å². The maximum atomic E-state index is 10.5. The Morgan fingerprint density at radius 2 is 2.09 bits per heavy atom. The molecule has 0 spiro atoms. The van der Waals surface area contributed by atoms with E-state index in [1.54, 1.807) is 0 Å². The largest absolute Gasteiger partial charge is 0.368 e. The van der Waals surface area contributed by atoms with Gasteiger partial charge in [0.2, 0.25) is 0 Å². The zero-order valence-electron chi connectivity index (χ0n) is 7.72. The van der Waals surface area contributed by atoms with Crippen LogP contribution in [0.2, 0.25) is 0 Å². The quantitative estimate of drug-likeness (QED) is 0.437. The number of carbonyl (C=O) groups is 1. The molecule has 0 fully saturated rings. The Morgan fingerprint density at radius 3 is 2.45 bits per heavy atom. The molecule has 1 atom stereocenters. The fraction of sp³-hybridized carbons (Fsp3) is 0.889. The highest BCUT2D eigenvalue weighted by Crippen LogP contribution is 2.11. The number of hydrogen-bond donors (Lipinski definition) is 0. The first kappa shape index (κ1) is 10.6. The summed E-state index contributed by atoms with van der Waals surface area (Å²) in [6, 6.07) is 0. The van der Waals surface area contributed by atoms with Gasteiger partial charge in [0.25, 0.3) is 0 Å². The van der Waals surface area contributed by atoms with Gasteiger partial charge in [-0.3, -0.25) is 0 Å². The van der Waals surface area contributed by atoms with E-state index in [0.717, 1.165) is 25.5 Å². The number of rotatable bonds is 6. The first-order chi connectivity index (χ1) is 5.18. The molecule has 0 aliphatic heterocycles. The van der Waals surface area contributed by atoms with Gasteiger partial charge in [0.15, 0.2) is 6.29 Å². The van der Waals surface area contributed by atoms with Crippen molar-refractivity contribution in [1.29, 1.82) is 0 Å². The molecule has 0 bridgehead atoms. The molecule has 0 aromatic heterocycles. The third-order valence-corrected chi connectivity index (χ3v) is 1.88. The van der Waals surface area contributed by atoms with Crippen LogP contribution in [-0.4, -0.2) is 18.5 Å². The van der Waals surface area contributed by atoms with Crippen molar-refractivity contribution in [3.05, 3.63) is 0 Å². The van der Waals surface area contributed by atoms with E-state index >= 15 is 0 Å². The molecule has 0 heterocycles. The van der Waals surface area contributed by atoms with Crippen LogP contribution in [0.3, 0.4) is 0 Å². The first-order valence-corrected chi connectivity index (χ1v) is 4.28. The van der Waals surface area contributed by atoms with Gasteiger partial charge in [0.1, 0.15) is 5.60 Å². The average Bonchev–Trinajstić information content (AvgIpc) is 2.05. The van der Waals surface area contributed by atoms with Crippen molar-refractivity contribution in [2.75, 3.05) is 6.61 Å². The van der Waals surface area contributed by atoms with Crippen molar-refractivity contribution in [2.24, 2.45) is 0 Å². The summed E-state index contributed by atoms with van der Waals surface area (Å²) in [6.07, 6.45) is 3.78. The van der Waals surface area contributed by atoms with Crippen LogP contribution >= 0.6 is 0 Å². The van der Waals surface area contributed by atoms with Crippen LogP contribution in [0, 0.1) is 0 Å². The molecule has 2 nitrogen and oxygen atoms in total. The Morgan fingerprint density at radius 1 is 1.45 bits per heavy atom. The molecule has 1 unspecified atom stereocenters. The third kappa shape index (κ3) is 4.14. The molecule has 2 heteroatoms. The Labute approximate surface area is 68.9 Å². The lowest BCUT2D eigenvalue weighted by molar-refractivity contribution is -0.129. The summed E-state index contributed by atoms with van der Waals surface area (Å²) >= 11 is 0. The maximum Gasteiger partial charge on any atom is 0.151 e. The van der Waals surface area contributed by atoms with Gasteiger partial charge in [-0.1, -0.05) is 20.3 Å². The number of carbonyl (C=O) groups excluding carboxylic acids is 1. The highest BCUT2D eigenvalue weighted by atomic mass is 16.5. The molecule has 0 aliphatic carbocycles. The van der Waals surface area contributed by atoms with E-state index in [4.69, 9.17) is 4.74 Å². The topological polar surface area (TPSA) is 26.3 Å². The second kappa shape index (κ2) is 5.30. The number of unbranched alkanes of at least 4 members (excludes halogenated alkanes) is 1. The predicted octanol–water partition coefficient (Wildman–Crippen LogP) is 2.17. The number of ether oxygens (including phenoxy) is 1. The van der Waals surface area contributed by atoms with Crippen molar-refractivity contribution in [1.82, 2.24) is 0 Å². The molecule has 0 saturated carbocycles. The zero-order valence-corrected chi connectivity index (χ0v) is 7.72. The Kier molecular flexibility index (Phi) is 5.12. The Hall–Kier alpha value is -0.370. The first-order valence-electron chi connectivity index (χ1n) is 4.28. The molecule has 0 aliphatic rings. The van der Waals surface area contributed by atoms with Crippen LogP contribution in [0.1, 0.15) is 40.0 Å². The SMILES string of the molecule is CCCCOC(C)(C=O)CC. The summed E-state index contributed by atoms with van der Waals surface area (Å²) in [6.45, 7) is 6.59. The van der Waals surface area contributed by atoms with Gasteiger partial charge in [-0.25, -0.2) is 0 Å². The molecule has 0 rings (SSSR count). The van der Waals surface area contributed by atoms with Crippen LogP contribution in [0.4, 0.5) is 0 Å². The van der Waals surface area contributed by atoms with E-state index < -0.39 is 5.60 Å². The van der Waals surface area contributed by atoms with Crippen molar-refractivity contribution in [2.45, 2.75) is 45.6 Å². The average molecular weight is 158 g/mol. The van der Waals surface area contributed by atoms with Crippen molar-refractivity contribution in [3.8, 4) is 0 Å². The molecule has 0 aromatic rings. The molecule has 0 saturated heterocycles. The lowest BCUT2D eigenvalue weighted by Gasteiger charge is -2.21. The minimum absolute atomic E-state index is 0.546. The van der Waals surface area contributed by atoms with Gasteiger partial charge in [0, 0.05) is 6.61 Å². The molecule has 0 radical (unpaired) electrons. The zero-order chi connectivity index (χ0) is 8.74. The van der Waals surface area contributed by atoms with Gasteiger partial charge < -0.3 is 9.53 Å². The summed E-state index contributed by atoms with van der Waals surface area (Å²) in [5.41, 5.74) is -0.546. The summed E-state index contributed by atoms with van der Waals surface area (Å²) in [4.78, 5) is 10.5. The normalized spacial score (nSPS) is 15.9. The second-order valence-electron chi connectivity index (χ2n) is 2.99. The Balaban J connectivity index is 3.60. The molecular weight excluding hydrogens is 140 g/mol. The standard InChI is InChI=1S/C9H18O2/c1-4-6-7-11-9(3,5-2)8-10/h8H,4-7H2,1-3H3. The van der Waals surface area contributed by atoms with Crippen molar-refractivity contribution in [3.63, 3.8) is 0 Å². The van der Waals surface area contributed by atoms with E-state index in [2.05, 4.69) is 6.92 Å². The number of aldehydes is 1. The van der Waals surface area contributed by atoms with Crippen LogP contribution in [-0.2, 0) is 9.53 Å². The fourth-order valence-electron chi connectivity index (χ4n) is 0.669. The number of hydrogen-bond acceptors (Lipinski definition) is 2. The van der Waals surface area contributed by atoms with E-state index in [1.807, 2.05) is 13.8 Å². The van der Waals surface area contributed by atoms with E-state index in [9.17, 15) is 4.79 Å². The minimum atomic E-state index is -0.546. The third-order valence-electron chi connectivity index (χ3n) is 1.88. The monoisotopic (exact) mass is 158 g/mol. The van der Waals surface area contributed by atoms with Crippen molar-refractivity contribution < 1.29 is 9.53 Å². The van der Waals surface area contributed by atoms with Gasteiger partial charge in [-0.15, -0.1) is 0 Å². The molecular formula is C9H18O2. The predicted molar refractivity (Wildman–Crippen MR) is 45.6 cm³/mol. The molecule has 0 N–H and O–H groups in total. The summed E-state index contributed by atoms with van der Waals surface area (Å²) in [7, 11) is 0. The van der Waals surface area contributed by atoms with Crippen LogP contribution in [0.25, 0.3) is 0 Å². The molecule has 0 aromatic carbocycles. The van der Waals surface area contributed by atoms with E-state index in [0.29, 0.717) is 6.61 Å². The minimum Gasteiger partial charge on any atom is -0.368 e. The lowest BCUT2D eigenvalue weighted by atomic mass is 10.1. The fourth-order valence-corrected chi connectivity index (χ4v) is 0.669. The van der Waals surface area contributed by atoms with Crippen LogP contribution in [0.15, 0.2) is 0 Å². The lowest BCUT2D eigenvalue weighted by Crippen LogP contribution is -2.29. The smallest absolute Gasteiger partial charge is 0.151 e. The Bertz CT molecular complexity index is 112. The van der Waals surface area contributed by atoms with Crippen LogP contribution in [0.5, 0.6) is 0 Å². The van der Waals surface area contributed by atoms with E-state index in [-0.39, 0.29) is 0 Å². The highest BCUT2D eigenvalue weighted by Gasteiger charge is 2.20. The molecule has 11 heavy (non-hydrogen) atoms. The summed E-state index contributed by atoms with van der Waals surface area (Å²) in [5.74, 6) is 0. The second-order valence-corrected chi connectivity index (χ2v) is 2.99. The van der Waals surface area contributed by atoms with Gasteiger partial charge >= 0.3 is 0 Å². The molecule has 0 amide bonds. The van der Waals surface area contributed by atoms with Gasteiger partial charge in [0.05, 0.1) is 0 Å². The summed E-state index contributed by atoms with van der Waals surface area (Å²) < 4.78 is 5.40.